The van der Waals surface area contributed by atoms with Crippen LogP contribution in [0.25, 0.3) is 0 Å². The highest BCUT2D eigenvalue weighted by atomic mass is 16.1. The number of fused-ring (bicyclic) bond motifs is 1. The normalized spacial score (nSPS) is 17.4. The Bertz CT molecular complexity index is 571. The average molecular weight is 226 g/mol. The second-order valence-corrected chi connectivity index (χ2v) is 4.35. The molecular formula is C14H14N2O. The first-order chi connectivity index (χ1) is 8.31. The predicted octanol–water partition coefficient (Wildman–Crippen LogP) is 2.43. The van der Waals surface area contributed by atoms with Gasteiger partial charge in [-0.1, -0.05) is 24.3 Å². The van der Waals surface area contributed by atoms with E-state index in [1.807, 2.05) is 31.2 Å². The molecule has 3 heteroatoms. The number of carbonyl (C=O) groups is 1. The van der Waals surface area contributed by atoms with Crippen molar-refractivity contribution >= 4 is 5.78 Å². The molecule has 1 aromatic heterocycles. The van der Waals surface area contributed by atoms with Crippen molar-refractivity contribution in [2.75, 3.05) is 0 Å². The lowest BCUT2D eigenvalue weighted by Crippen LogP contribution is -2.27. The number of nitrogens with zero attached hydrogens (tertiary/aromatic N) is 2. The van der Waals surface area contributed by atoms with Crippen LogP contribution in [0.15, 0.2) is 36.5 Å². The molecule has 1 unspecified atom stereocenters. The number of rotatable bonds is 3. The molecule has 0 bridgehead atoms. The van der Waals surface area contributed by atoms with Crippen molar-refractivity contribution in [3.05, 3.63) is 53.3 Å². The summed E-state index contributed by atoms with van der Waals surface area (Å²) in [6.45, 7) is 2.74. The van der Waals surface area contributed by atoms with E-state index >= 15 is 0 Å². The molecule has 1 aliphatic rings. The van der Waals surface area contributed by atoms with Crippen LogP contribution < -0.4 is 0 Å². The summed E-state index contributed by atoms with van der Waals surface area (Å²) in [5, 5.41) is 4.15. The minimum atomic E-state index is 0.0354. The number of ketones is 1. The molecule has 0 N–H and O–H groups in total. The third-order valence-electron chi connectivity index (χ3n) is 3.44. The van der Waals surface area contributed by atoms with Crippen molar-refractivity contribution in [2.45, 2.75) is 25.8 Å². The van der Waals surface area contributed by atoms with Crippen LogP contribution in [0.4, 0.5) is 0 Å². The van der Waals surface area contributed by atoms with Crippen LogP contribution in [0.5, 0.6) is 0 Å². The van der Waals surface area contributed by atoms with Gasteiger partial charge in [0, 0.05) is 12.7 Å². The number of hydrogen-bond acceptors (Lipinski definition) is 2. The SMILES string of the molecule is CCn1nccc1C(=O)C1Cc2ccccc21. The van der Waals surface area contributed by atoms with E-state index < -0.39 is 0 Å². The topological polar surface area (TPSA) is 34.9 Å². The monoisotopic (exact) mass is 226 g/mol. The van der Waals surface area contributed by atoms with Gasteiger partial charge in [0.05, 0.1) is 5.92 Å². The molecule has 3 rings (SSSR count). The van der Waals surface area contributed by atoms with Crippen LogP contribution in [0.3, 0.4) is 0 Å². The Morgan fingerprint density at radius 2 is 2.24 bits per heavy atom. The molecule has 0 saturated heterocycles. The maximum atomic E-state index is 12.4. The molecule has 1 aliphatic carbocycles. The van der Waals surface area contributed by atoms with E-state index in [2.05, 4.69) is 11.2 Å². The van der Waals surface area contributed by atoms with Gasteiger partial charge in [0.15, 0.2) is 5.78 Å². The van der Waals surface area contributed by atoms with Crippen LogP contribution in [-0.4, -0.2) is 15.6 Å². The van der Waals surface area contributed by atoms with Gasteiger partial charge in [0.2, 0.25) is 0 Å². The molecule has 0 saturated carbocycles. The number of aromatic nitrogens is 2. The molecule has 17 heavy (non-hydrogen) atoms. The molecule has 2 aromatic rings. The Balaban J connectivity index is 1.91. The molecule has 1 heterocycles. The fourth-order valence-corrected chi connectivity index (χ4v) is 2.47. The van der Waals surface area contributed by atoms with E-state index in [0.29, 0.717) is 0 Å². The molecule has 0 spiro atoms. The predicted molar refractivity (Wildman–Crippen MR) is 65.1 cm³/mol. The molecule has 0 radical (unpaired) electrons. The maximum absolute atomic E-state index is 12.4. The zero-order chi connectivity index (χ0) is 11.8. The molecule has 86 valence electrons. The summed E-state index contributed by atoms with van der Waals surface area (Å²) >= 11 is 0. The van der Waals surface area contributed by atoms with E-state index in [0.717, 1.165) is 18.7 Å². The summed E-state index contributed by atoms with van der Waals surface area (Å²) in [6.07, 6.45) is 2.56. The van der Waals surface area contributed by atoms with Crippen molar-refractivity contribution < 1.29 is 4.79 Å². The van der Waals surface area contributed by atoms with Crippen LogP contribution >= 0.6 is 0 Å². The first-order valence-electron chi connectivity index (χ1n) is 5.95. The Hall–Kier alpha value is -1.90. The van der Waals surface area contributed by atoms with E-state index in [9.17, 15) is 4.79 Å². The van der Waals surface area contributed by atoms with Gasteiger partial charge in [-0.2, -0.15) is 5.10 Å². The zero-order valence-corrected chi connectivity index (χ0v) is 9.76. The molecule has 0 aliphatic heterocycles. The summed E-state index contributed by atoms with van der Waals surface area (Å²) in [5.74, 6) is 0.233. The van der Waals surface area contributed by atoms with Crippen LogP contribution in [-0.2, 0) is 13.0 Å². The lowest BCUT2D eigenvalue weighted by atomic mass is 9.74. The van der Waals surface area contributed by atoms with Gasteiger partial charge in [-0.15, -0.1) is 0 Å². The van der Waals surface area contributed by atoms with Gasteiger partial charge >= 0.3 is 0 Å². The average Bonchev–Trinajstić information content (AvgIpc) is 2.78. The minimum Gasteiger partial charge on any atom is -0.292 e. The zero-order valence-electron chi connectivity index (χ0n) is 9.76. The number of Topliss-reactive ketones (excluding diaryl/α,β-unsaturated/α-hetero) is 1. The molecule has 0 amide bonds. The van der Waals surface area contributed by atoms with Crippen LogP contribution in [0.1, 0.15) is 34.5 Å². The molecule has 3 nitrogen and oxygen atoms in total. The Labute approximate surface area is 100 Å². The van der Waals surface area contributed by atoms with Crippen molar-refractivity contribution in [3.8, 4) is 0 Å². The number of benzene rings is 1. The van der Waals surface area contributed by atoms with Gasteiger partial charge in [-0.25, -0.2) is 0 Å². The second-order valence-electron chi connectivity index (χ2n) is 4.35. The maximum Gasteiger partial charge on any atom is 0.188 e. The molecule has 0 fully saturated rings. The number of carbonyl (C=O) groups excluding carboxylic acids is 1. The fourth-order valence-electron chi connectivity index (χ4n) is 2.47. The largest absolute Gasteiger partial charge is 0.292 e. The summed E-state index contributed by atoms with van der Waals surface area (Å²) < 4.78 is 1.77. The minimum absolute atomic E-state index is 0.0354. The van der Waals surface area contributed by atoms with Crippen molar-refractivity contribution in [1.82, 2.24) is 9.78 Å². The van der Waals surface area contributed by atoms with Crippen LogP contribution in [0, 0.1) is 0 Å². The van der Waals surface area contributed by atoms with E-state index in [1.165, 1.54) is 11.1 Å². The van der Waals surface area contributed by atoms with E-state index in [-0.39, 0.29) is 11.7 Å². The van der Waals surface area contributed by atoms with Gasteiger partial charge in [0.1, 0.15) is 5.69 Å². The highest BCUT2D eigenvalue weighted by molar-refractivity contribution is 6.01. The second kappa shape index (κ2) is 3.84. The fraction of sp³-hybridized carbons (Fsp3) is 0.286. The lowest BCUT2D eigenvalue weighted by molar-refractivity contribution is 0.0938. The first-order valence-corrected chi connectivity index (χ1v) is 5.95. The summed E-state index contributed by atoms with van der Waals surface area (Å²) in [4.78, 5) is 12.4. The molecule has 1 aromatic carbocycles. The Kier molecular flexibility index (Phi) is 2.32. The Morgan fingerprint density at radius 3 is 3.00 bits per heavy atom. The third-order valence-corrected chi connectivity index (χ3v) is 3.44. The quantitative estimate of drug-likeness (QED) is 0.753. The van der Waals surface area contributed by atoms with Gasteiger partial charge in [-0.05, 0) is 30.5 Å². The number of aryl methyl sites for hydroxylation is 1. The van der Waals surface area contributed by atoms with Gasteiger partial charge in [-0.3, -0.25) is 9.48 Å². The lowest BCUT2D eigenvalue weighted by Gasteiger charge is -2.28. The number of hydrogen-bond donors (Lipinski definition) is 0. The Morgan fingerprint density at radius 1 is 1.41 bits per heavy atom. The summed E-state index contributed by atoms with van der Waals surface area (Å²) in [5.41, 5.74) is 3.21. The first kappa shape index (κ1) is 10.3. The van der Waals surface area contributed by atoms with Crippen molar-refractivity contribution in [1.29, 1.82) is 0 Å². The highest BCUT2D eigenvalue weighted by Crippen LogP contribution is 2.37. The summed E-state index contributed by atoms with van der Waals surface area (Å²) in [6, 6.07) is 9.97. The molecular weight excluding hydrogens is 212 g/mol. The van der Waals surface area contributed by atoms with Gasteiger partial charge < -0.3 is 0 Å². The summed E-state index contributed by atoms with van der Waals surface area (Å²) in [7, 11) is 0. The molecule has 1 atom stereocenters. The smallest absolute Gasteiger partial charge is 0.188 e. The van der Waals surface area contributed by atoms with Crippen molar-refractivity contribution in [3.63, 3.8) is 0 Å². The van der Waals surface area contributed by atoms with Crippen LogP contribution in [0.2, 0.25) is 0 Å². The third kappa shape index (κ3) is 1.50. The van der Waals surface area contributed by atoms with E-state index in [1.54, 1.807) is 10.9 Å². The highest BCUT2D eigenvalue weighted by Gasteiger charge is 2.33. The van der Waals surface area contributed by atoms with E-state index in [4.69, 9.17) is 0 Å². The standard InChI is InChI=1S/C14H14N2O/c1-2-16-13(7-8-15-16)14(17)12-9-10-5-3-4-6-11(10)12/h3-8,12H,2,9H2,1H3. The van der Waals surface area contributed by atoms with Crippen molar-refractivity contribution in [2.24, 2.45) is 0 Å². The van der Waals surface area contributed by atoms with Gasteiger partial charge in [0.25, 0.3) is 0 Å².